The van der Waals surface area contributed by atoms with Crippen LogP contribution in [0.3, 0.4) is 0 Å². The van der Waals surface area contributed by atoms with Crippen molar-refractivity contribution in [3.63, 3.8) is 0 Å². The zero-order valence-corrected chi connectivity index (χ0v) is 17.0. The number of aryl methyl sites for hydroxylation is 3. The molecule has 5 heteroatoms. The molecule has 1 fully saturated rings. The Morgan fingerprint density at radius 1 is 0.963 bits per heavy atom. The van der Waals surface area contributed by atoms with Gasteiger partial charge in [0, 0.05) is 37.3 Å². The molecule has 2 aromatic carbocycles. The van der Waals surface area contributed by atoms with Gasteiger partial charge in [0.15, 0.2) is 0 Å². The second kappa shape index (κ2) is 6.80. The molecule has 4 nitrogen and oxygen atoms in total. The average molecular weight is 383 g/mol. The fourth-order valence-corrected chi connectivity index (χ4v) is 6.00. The predicted molar refractivity (Wildman–Crippen MR) is 110 cm³/mol. The highest BCUT2D eigenvalue weighted by Gasteiger charge is 2.31. The molecule has 0 N–H and O–H groups in total. The van der Waals surface area contributed by atoms with Gasteiger partial charge in [0.05, 0.1) is 4.90 Å². The zero-order valence-electron chi connectivity index (χ0n) is 16.1. The van der Waals surface area contributed by atoms with E-state index in [-0.39, 0.29) is 0 Å². The molecule has 1 aliphatic heterocycles. The summed E-state index contributed by atoms with van der Waals surface area (Å²) in [6, 6.07) is 16.3. The van der Waals surface area contributed by atoms with Crippen molar-refractivity contribution in [1.29, 1.82) is 0 Å². The van der Waals surface area contributed by atoms with Crippen LogP contribution in [-0.2, 0) is 17.1 Å². The topological polar surface area (TPSA) is 42.3 Å². The molecule has 1 aromatic heterocycles. The van der Waals surface area contributed by atoms with E-state index < -0.39 is 10.0 Å². The van der Waals surface area contributed by atoms with Crippen molar-refractivity contribution in [3.8, 4) is 0 Å². The molecule has 0 spiro atoms. The molecular weight excluding hydrogens is 356 g/mol. The summed E-state index contributed by atoms with van der Waals surface area (Å²) in [4.78, 5) is 0.450. The minimum Gasteiger partial charge on any atom is -0.347 e. The number of benzene rings is 2. The molecule has 0 aliphatic carbocycles. The van der Waals surface area contributed by atoms with Crippen molar-refractivity contribution in [1.82, 2.24) is 8.87 Å². The number of nitrogens with zero attached hydrogens (tertiary/aromatic N) is 2. The van der Waals surface area contributed by atoms with Crippen LogP contribution in [0.25, 0.3) is 10.9 Å². The molecular formula is C22H26N2O2S. The molecule has 4 rings (SSSR count). The number of hydrogen-bond donors (Lipinski definition) is 0. The third-order valence-electron chi connectivity index (χ3n) is 5.82. The zero-order chi connectivity index (χ0) is 19.2. The van der Waals surface area contributed by atoms with E-state index in [1.54, 1.807) is 10.4 Å². The van der Waals surface area contributed by atoms with Crippen LogP contribution in [0.1, 0.15) is 35.6 Å². The van der Waals surface area contributed by atoms with Crippen LogP contribution in [0.4, 0.5) is 0 Å². The fourth-order valence-electron chi connectivity index (χ4n) is 4.22. The first-order chi connectivity index (χ1) is 12.9. The number of sulfonamides is 1. The van der Waals surface area contributed by atoms with E-state index in [0.29, 0.717) is 23.9 Å². The molecule has 1 saturated heterocycles. The highest BCUT2D eigenvalue weighted by Crippen LogP contribution is 2.34. The smallest absolute Gasteiger partial charge is 0.243 e. The lowest BCUT2D eigenvalue weighted by Gasteiger charge is -2.32. The van der Waals surface area contributed by atoms with Crippen molar-refractivity contribution in [3.05, 3.63) is 65.4 Å². The van der Waals surface area contributed by atoms with Crippen LogP contribution < -0.4 is 0 Å². The number of aromatic nitrogens is 1. The Labute approximate surface area is 161 Å². The lowest BCUT2D eigenvalue weighted by Crippen LogP contribution is -2.38. The molecule has 0 bridgehead atoms. The van der Waals surface area contributed by atoms with Crippen molar-refractivity contribution in [2.75, 3.05) is 13.1 Å². The van der Waals surface area contributed by atoms with E-state index in [1.807, 2.05) is 26.0 Å². The summed E-state index contributed by atoms with van der Waals surface area (Å²) < 4.78 is 30.2. The lowest BCUT2D eigenvalue weighted by molar-refractivity contribution is 0.314. The average Bonchev–Trinajstić information content (AvgIpc) is 3.01. The molecule has 0 saturated carbocycles. The number of hydrogen-bond acceptors (Lipinski definition) is 2. The molecule has 0 atom stereocenters. The Balaban J connectivity index is 1.56. The Kier molecular flexibility index (Phi) is 4.60. The van der Waals surface area contributed by atoms with Gasteiger partial charge in [0.2, 0.25) is 10.0 Å². The Morgan fingerprint density at radius 3 is 2.37 bits per heavy atom. The lowest BCUT2D eigenvalue weighted by atomic mass is 9.94. The van der Waals surface area contributed by atoms with E-state index in [1.165, 1.54) is 16.6 Å². The second-order valence-electron chi connectivity index (χ2n) is 7.63. The molecule has 0 unspecified atom stereocenters. The van der Waals surface area contributed by atoms with Gasteiger partial charge >= 0.3 is 0 Å². The van der Waals surface area contributed by atoms with Crippen LogP contribution in [0, 0.1) is 13.8 Å². The quantitative estimate of drug-likeness (QED) is 0.675. The number of piperidine rings is 1. The van der Waals surface area contributed by atoms with Crippen LogP contribution in [0.5, 0.6) is 0 Å². The number of rotatable bonds is 3. The van der Waals surface area contributed by atoms with Crippen molar-refractivity contribution >= 4 is 20.9 Å². The third kappa shape index (κ3) is 3.19. The first-order valence-electron chi connectivity index (χ1n) is 9.49. The van der Waals surface area contributed by atoms with Crippen LogP contribution in [0.15, 0.2) is 53.4 Å². The number of para-hydroxylation sites is 1. The minimum atomic E-state index is -3.43. The van der Waals surface area contributed by atoms with E-state index in [4.69, 9.17) is 0 Å². The van der Waals surface area contributed by atoms with Crippen molar-refractivity contribution in [2.45, 2.75) is 37.5 Å². The maximum absolute atomic E-state index is 13.1. The number of fused-ring (bicyclic) bond motifs is 1. The van der Waals surface area contributed by atoms with Crippen LogP contribution in [0.2, 0.25) is 0 Å². The van der Waals surface area contributed by atoms with Gasteiger partial charge in [-0.1, -0.05) is 30.3 Å². The monoisotopic (exact) mass is 382 g/mol. The van der Waals surface area contributed by atoms with E-state index in [0.717, 1.165) is 24.0 Å². The van der Waals surface area contributed by atoms with Gasteiger partial charge < -0.3 is 4.57 Å². The predicted octanol–water partition coefficient (Wildman–Crippen LogP) is 4.36. The Bertz CT molecular complexity index is 1090. The summed E-state index contributed by atoms with van der Waals surface area (Å²) in [7, 11) is -1.32. The standard InChI is InChI=1S/C22H26N2O2S/c1-16-8-9-17(2)22(14-16)27(25,26)24-12-10-18(11-13-24)21-15-19-6-4-5-7-20(19)23(21)3/h4-9,14-15,18H,10-13H2,1-3H3. The minimum absolute atomic E-state index is 0.396. The van der Waals surface area contributed by atoms with Gasteiger partial charge in [-0.3, -0.25) is 0 Å². The summed E-state index contributed by atoms with van der Waals surface area (Å²) in [5.41, 5.74) is 4.33. The van der Waals surface area contributed by atoms with Crippen LogP contribution in [-0.4, -0.2) is 30.4 Å². The molecule has 3 aromatic rings. The summed E-state index contributed by atoms with van der Waals surface area (Å²) in [5, 5.41) is 1.25. The normalized spacial score (nSPS) is 16.9. The van der Waals surface area contributed by atoms with E-state index in [9.17, 15) is 8.42 Å². The van der Waals surface area contributed by atoms with Gasteiger partial charge in [0.1, 0.15) is 0 Å². The van der Waals surface area contributed by atoms with Gasteiger partial charge in [-0.05, 0) is 61.4 Å². The van der Waals surface area contributed by atoms with Crippen LogP contribution >= 0.6 is 0 Å². The molecule has 0 radical (unpaired) electrons. The maximum atomic E-state index is 13.1. The second-order valence-corrected chi connectivity index (χ2v) is 9.54. The van der Waals surface area contributed by atoms with E-state index in [2.05, 4.69) is 41.9 Å². The molecule has 27 heavy (non-hydrogen) atoms. The summed E-state index contributed by atoms with van der Waals surface area (Å²) >= 11 is 0. The highest BCUT2D eigenvalue weighted by atomic mass is 32.2. The largest absolute Gasteiger partial charge is 0.347 e. The first kappa shape index (κ1) is 18.3. The Hall–Kier alpha value is -2.11. The molecule has 1 aliphatic rings. The van der Waals surface area contributed by atoms with Crippen molar-refractivity contribution in [2.24, 2.45) is 7.05 Å². The maximum Gasteiger partial charge on any atom is 0.243 e. The van der Waals surface area contributed by atoms with Gasteiger partial charge in [-0.2, -0.15) is 4.31 Å². The van der Waals surface area contributed by atoms with Gasteiger partial charge in [-0.15, -0.1) is 0 Å². The highest BCUT2D eigenvalue weighted by molar-refractivity contribution is 7.89. The molecule has 2 heterocycles. The molecule has 0 amide bonds. The fraction of sp³-hybridized carbons (Fsp3) is 0.364. The van der Waals surface area contributed by atoms with Crippen molar-refractivity contribution < 1.29 is 8.42 Å². The summed E-state index contributed by atoms with van der Waals surface area (Å²) in [6.45, 7) is 4.95. The first-order valence-corrected chi connectivity index (χ1v) is 10.9. The third-order valence-corrected chi connectivity index (χ3v) is 7.86. The molecule has 142 valence electrons. The van der Waals surface area contributed by atoms with E-state index >= 15 is 0 Å². The summed E-state index contributed by atoms with van der Waals surface area (Å²) in [6.07, 6.45) is 1.71. The SMILES string of the molecule is Cc1ccc(C)c(S(=O)(=O)N2CCC(c3cc4ccccc4n3C)CC2)c1. The van der Waals surface area contributed by atoms with Gasteiger partial charge in [0.25, 0.3) is 0 Å². The Morgan fingerprint density at radius 2 is 1.67 bits per heavy atom. The summed E-state index contributed by atoms with van der Waals surface area (Å²) in [5.74, 6) is 0.396. The van der Waals surface area contributed by atoms with Gasteiger partial charge in [-0.25, -0.2) is 8.42 Å².